The van der Waals surface area contributed by atoms with E-state index < -0.39 is 0 Å². The number of halogens is 4. The summed E-state index contributed by atoms with van der Waals surface area (Å²) >= 11 is 0. The number of unbranched alkanes of at least 4 members (excludes halogenated alkanes) is 3. The summed E-state index contributed by atoms with van der Waals surface area (Å²) in [6.07, 6.45) is 12.8. The van der Waals surface area contributed by atoms with Crippen LogP contribution in [0, 0.1) is 11.6 Å². The summed E-state index contributed by atoms with van der Waals surface area (Å²) in [6, 6.07) is 20.3. The van der Waals surface area contributed by atoms with E-state index in [0.29, 0.717) is 0 Å². The zero-order valence-corrected chi connectivity index (χ0v) is 23.3. The zero-order chi connectivity index (χ0) is 23.6. The minimum absolute atomic E-state index is 0. The lowest BCUT2D eigenvalue weighted by atomic mass is 10.2. The Balaban J connectivity index is 0.00000228. The van der Waals surface area contributed by atoms with Gasteiger partial charge < -0.3 is 9.13 Å². The van der Waals surface area contributed by atoms with Crippen LogP contribution in [0.2, 0.25) is 0 Å². The van der Waals surface area contributed by atoms with Crippen LogP contribution in [-0.2, 0) is 13.1 Å². The van der Waals surface area contributed by atoms with Gasteiger partial charge in [-0.3, -0.25) is 0 Å². The molecular formula is C28H30Br2F2N4. The standard InChI is InChI=1S/C28H28F2N4.2BrH/c29-23-5-9-25(10-6-23)31-27-13-19-33(20-14-27)17-3-1-2-4-18-34-21-15-28(16-22-34)32-26-11-7-24(30)8-12-26;;/h5-16,19-22H,1-4,17-18H2;2*1H. The van der Waals surface area contributed by atoms with E-state index in [-0.39, 0.29) is 45.6 Å². The van der Waals surface area contributed by atoms with Crippen molar-refractivity contribution in [3.05, 3.63) is 120 Å². The predicted molar refractivity (Wildman–Crippen MR) is 151 cm³/mol. The van der Waals surface area contributed by atoms with Crippen LogP contribution in [-0.4, -0.2) is 9.13 Å². The Kier molecular flexibility index (Phi) is 12.5. The van der Waals surface area contributed by atoms with E-state index in [9.17, 15) is 8.78 Å². The van der Waals surface area contributed by atoms with E-state index in [1.165, 1.54) is 37.1 Å². The zero-order valence-electron chi connectivity index (χ0n) is 19.8. The van der Waals surface area contributed by atoms with Gasteiger partial charge in [-0.05, 0) is 85.6 Å². The highest BCUT2D eigenvalue weighted by molar-refractivity contribution is 8.93. The summed E-state index contributed by atoms with van der Waals surface area (Å²) in [4.78, 5) is 9.00. The summed E-state index contributed by atoms with van der Waals surface area (Å²) in [6.45, 7) is 1.95. The summed E-state index contributed by atoms with van der Waals surface area (Å²) in [7, 11) is 0. The molecule has 0 bridgehead atoms. The summed E-state index contributed by atoms with van der Waals surface area (Å²) in [5.41, 5.74) is 1.49. The van der Waals surface area contributed by atoms with Gasteiger partial charge in [0.2, 0.25) is 0 Å². The van der Waals surface area contributed by atoms with Gasteiger partial charge in [0.15, 0.2) is 0 Å². The van der Waals surface area contributed by atoms with Crippen LogP contribution in [0.1, 0.15) is 25.7 Å². The normalized spacial score (nSPS) is 10.2. The number of hydrogen-bond acceptors (Lipinski definition) is 2. The monoisotopic (exact) mass is 618 g/mol. The predicted octanol–water partition coefficient (Wildman–Crippen LogP) is 7.45. The largest absolute Gasteiger partial charge is 0.354 e. The smallest absolute Gasteiger partial charge is 0.123 e. The van der Waals surface area contributed by atoms with Crippen LogP contribution >= 0.6 is 34.0 Å². The highest BCUT2D eigenvalue weighted by atomic mass is 79.9. The maximum atomic E-state index is 13.0. The quantitative estimate of drug-likeness (QED) is 0.174. The molecule has 0 atom stereocenters. The van der Waals surface area contributed by atoms with E-state index in [0.717, 1.165) is 48.0 Å². The highest BCUT2D eigenvalue weighted by Crippen LogP contribution is 2.12. The molecule has 0 saturated heterocycles. The van der Waals surface area contributed by atoms with E-state index in [2.05, 4.69) is 19.1 Å². The van der Waals surface area contributed by atoms with Crippen molar-refractivity contribution in [2.75, 3.05) is 0 Å². The Bertz CT molecular complexity index is 1190. The molecular weight excluding hydrogens is 590 g/mol. The summed E-state index contributed by atoms with van der Waals surface area (Å²) in [5.74, 6) is -0.508. The van der Waals surface area contributed by atoms with Gasteiger partial charge in [-0.25, -0.2) is 18.8 Å². The SMILES string of the molecule is Br.Br.Fc1ccc(N=c2ccn(CCCCCCn3ccc(=Nc4ccc(F)cc4)cc3)cc2)cc1. The fourth-order valence-corrected chi connectivity index (χ4v) is 3.62. The van der Waals surface area contributed by atoms with Crippen LogP contribution < -0.4 is 10.7 Å². The molecule has 0 N–H and O–H groups in total. The number of pyridine rings is 2. The second-order valence-corrected chi connectivity index (χ2v) is 8.18. The van der Waals surface area contributed by atoms with Gasteiger partial charge in [0, 0.05) is 37.9 Å². The summed E-state index contributed by atoms with van der Waals surface area (Å²) < 4.78 is 30.3. The fourth-order valence-electron chi connectivity index (χ4n) is 3.62. The Morgan fingerprint density at radius 1 is 0.472 bits per heavy atom. The fraction of sp³-hybridized carbons (Fsp3) is 0.214. The minimum atomic E-state index is -0.254. The Morgan fingerprint density at radius 2 is 0.806 bits per heavy atom. The number of aryl methyl sites for hydroxylation is 2. The van der Waals surface area contributed by atoms with Crippen LogP contribution in [0.4, 0.5) is 20.2 Å². The molecule has 0 aliphatic heterocycles. The number of benzene rings is 2. The second-order valence-electron chi connectivity index (χ2n) is 8.18. The lowest BCUT2D eigenvalue weighted by Crippen LogP contribution is -2.06. The molecule has 8 heteroatoms. The first-order chi connectivity index (χ1) is 16.6. The highest BCUT2D eigenvalue weighted by Gasteiger charge is 1.95. The van der Waals surface area contributed by atoms with Gasteiger partial charge in [-0.2, -0.15) is 0 Å². The Hall–Kier alpha value is -2.84. The van der Waals surface area contributed by atoms with Crippen molar-refractivity contribution < 1.29 is 8.78 Å². The molecule has 4 aromatic rings. The first-order valence-corrected chi connectivity index (χ1v) is 11.6. The first kappa shape index (κ1) is 29.4. The van der Waals surface area contributed by atoms with Crippen molar-refractivity contribution in [2.45, 2.75) is 38.8 Å². The van der Waals surface area contributed by atoms with E-state index in [1.807, 2.05) is 49.1 Å². The maximum Gasteiger partial charge on any atom is 0.123 e. The third-order valence-electron chi connectivity index (χ3n) is 5.50. The molecule has 0 aliphatic rings. The Labute approximate surface area is 231 Å². The third kappa shape index (κ3) is 9.66. The van der Waals surface area contributed by atoms with Gasteiger partial charge in [-0.1, -0.05) is 12.8 Å². The molecule has 190 valence electrons. The van der Waals surface area contributed by atoms with E-state index in [4.69, 9.17) is 0 Å². The average Bonchev–Trinajstić information content (AvgIpc) is 2.86. The molecule has 4 nitrogen and oxygen atoms in total. The minimum Gasteiger partial charge on any atom is -0.354 e. The van der Waals surface area contributed by atoms with E-state index in [1.54, 1.807) is 24.3 Å². The van der Waals surface area contributed by atoms with Crippen molar-refractivity contribution in [1.29, 1.82) is 0 Å². The molecule has 0 unspecified atom stereocenters. The molecule has 0 aliphatic carbocycles. The number of rotatable bonds is 9. The lowest BCUT2D eigenvalue weighted by Gasteiger charge is -2.08. The van der Waals surface area contributed by atoms with Crippen molar-refractivity contribution in [2.24, 2.45) is 9.98 Å². The van der Waals surface area contributed by atoms with Crippen molar-refractivity contribution in [3.8, 4) is 0 Å². The molecule has 0 saturated carbocycles. The number of aromatic nitrogens is 2. The van der Waals surface area contributed by atoms with Crippen molar-refractivity contribution in [3.63, 3.8) is 0 Å². The van der Waals surface area contributed by atoms with Gasteiger partial charge in [0.05, 0.1) is 22.1 Å². The Morgan fingerprint density at radius 3 is 1.14 bits per heavy atom. The first-order valence-electron chi connectivity index (χ1n) is 11.6. The van der Waals surface area contributed by atoms with Gasteiger partial charge >= 0.3 is 0 Å². The second kappa shape index (κ2) is 15.3. The van der Waals surface area contributed by atoms with Crippen LogP contribution in [0.3, 0.4) is 0 Å². The molecule has 0 fully saturated rings. The maximum absolute atomic E-state index is 13.0. The van der Waals surface area contributed by atoms with Crippen molar-refractivity contribution >= 4 is 45.3 Å². The average molecular weight is 620 g/mol. The molecule has 36 heavy (non-hydrogen) atoms. The molecule has 0 radical (unpaired) electrons. The third-order valence-corrected chi connectivity index (χ3v) is 5.50. The molecule has 0 amide bonds. The van der Waals surface area contributed by atoms with Crippen LogP contribution in [0.25, 0.3) is 0 Å². The molecule has 4 rings (SSSR count). The van der Waals surface area contributed by atoms with Gasteiger partial charge in [0.1, 0.15) is 11.6 Å². The number of hydrogen-bond donors (Lipinski definition) is 0. The van der Waals surface area contributed by atoms with Crippen LogP contribution in [0.15, 0.2) is 108 Å². The lowest BCUT2D eigenvalue weighted by molar-refractivity contribution is 0.537. The molecule has 2 heterocycles. The van der Waals surface area contributed by atoms with Crippen molar-refractivity contribution in [1.82, 2.24) is 9.13 Å². The van der Waals surface area contributed by atoms with Gasteiger partial charge in [0.25, 0.3) is 0 Å². The number of nitrogens with zero attached hydrogens (tertiary/aromatic N) is 4. The van der Waals surface area contributed by atoms with Gasteiger partial charge in [-0.15, -0.1) is 34.0 Å². The molecule has 2 aromatic carbocycles. The van der Waals surface area contributed by atoms with E-state index >= 15 is 0 Å². The van der Waals surface area contributed by atoms with Crippen LogP contribution in [0.5, 0.6) is 0 Å². The summed E-state index contributed by atoms with van der Waals surface area (Å²) in [5, 5.41) is 1.72. The molecule has 0 spiro atoms. The molecule has 2 aromatic heterocycles. The topological polar surface area (TPSA) is 34.6 Å².